The zero-order valence-corrected chi connectivity index (χ0v) is 20.7. The lowest BCUT2D eigenvalue weighted by Gasteiger charge is -2.14. The Bertz CT molecular complexity index is 1420. The maximum atomic E-state index is 13.7. The second-order valence-corrected chi connectivity index (χ2v) is 10.2. The fourth-order valence-corrected chi connectivity index (χ4v) is 6.33. The molecule has 0 radical (unpaired) electrons. The van der Waals surface area contributed by atoms with E-state index >= 15 is 0 Å². The Hall–Kier alpha value is -3.10. The molecular weight excluding hydrogens is 466 g/mol. The Kier molecular flexibility index (Phi) is 6.43. The molecule has 34 heavy (non-hydrogen) atoms. The Morgan fingerprint density at radius 1 is 1.18 bits per heavy atom. The van der Waals surface area contributed by atoms with Gasteiger partial charge in [-0.3, -0.25) is 14.2 Å². The predicted octanol–water partition coefficient (Wildman–Crippen LogP) is 5.37. The van der Waals surface area contributed by atoms with Crippen molar-refractivity contribution in [2.75, 3.05) is 17.7 Å². The van der Waals surface area contributed by atoms with E-state index in [0.29, 0.717) is 23.2 Å². The van der Waals surface area contributed by atoms with Crippen LogP contribution in [-0.4, -0.2) is 27.8 Å². The highest BCUT2D eigenvalue weighted by molar-refractivity contribution is 7.99. The minimum Gasteiger partial charge on any atom is -0.492 e. The number of carbonyl (C=O) groups is 1. The number of anilines is 1. The first-order chi connectivity index (χ1) is 16.5. The molecule has 8 heteroatoms. The normalized spacial score (nSPS) is 12.6. The van der Waals surface area contributed by atoms with Crippen molar-refractivity contribution >= 4 is 44.9 Å². The van der Waals surface area contributed by atoms with E-state index in [9.17, 15) is 9.59 Å². The van der Waals surface area contributed by atoms with Crippen LogP contribution in [0.5, 0.6) is 5.75 Å². The lowest BCUT2D eigenvalue weighted by atomic mass is 10.2. The van der Waals surface area contributed by atoms with E-state index < -0.39 is 0 Å². The number of nitrogens with zero attached hydrogens (tertiary/aromatic N) is 2. The summed E-state index contributed by atoms with van der Waals surface area (Å²) < 4.78 is 7.25. The number of thiophene rings is 1. The number of nitrogens with one attached hydrogen (secondary N) is 1. The minimum absolute atomic E-state index is 0.0575. The number of fused-ring (bicyclic) bond motifs is 3. The van der Waals surface area contributed by atoms with Crippen molar-refractivity contribution in [3.05, 3.63) is 74.9 Å². The fraction of sp³-hybridized carbons (Fsp3) is 0.269. The number of aromatic nitrogens is 2. The monoisotopic (exact) mass is 491 g/mol. The summed E-state index contributed by atoms with van der Waals surface area (Å²) in [6.07, 6.45) is 3.01. The molecule has 1 aliphatic rings. The average Bonchev–Trinajstić information content (AvgIpc) is 3.41. The van der Waals surface area contributed by atoms with E-state index in [4.69, 9.17) is 9.72 Å². The van der Waals surface area contributed by atoms with E-state index in [1.54, 1.807) is 15.9 Å². The van der Waals surface area contributed by atoms with E-state index in [1.807, 2.05) is 62.4 Å². The molecule has 0 atom stereocenters. The lowest BCUT2D eigenvalue weighted by molar-refractivity contribution is -0.113. The lowest BCUT2D eigenvalue weighted by Crippen LogP contribution is -2.23. The van der Waals surface area contributed by atoms with Gasteiger partial charge in [-0.1, -0.05) is 41.6 Å². The van der Waals surface area contributed by atoms with Gasteiger partial charge < -0.3 is 10.1 Å². The number of hydrogen-bond donors (Lipinski definition) is 1. The van der Waals surface area contributed by atoms with Crippen LogP contribution >= 0.6 is 23.1 Å². The van der Waals surface area contributed by atoms with Crippen molar-refractivity contribution in [2.24, 2.45) is 0 Å². The van der Waals surface area contributed by atoms with Crippen LogP contribution in [0, 0.1) is 6.92 Å². The molecule has 0 unspecified atom stereocenters. The van der Waals surface area contributed by atoms with Crippen molar-refractivity contribution in [3.63, 3.8) is 0 Å². The molecule has 0 bridgehead atoms. The van der Waals surface area contributed by atoms with Crippen molar-refractivity contribution in [2.45, 2.75) is 38.3 Å². The molecule has 0 saturated heterocycles. The molecule has 2 aromatic heterocycles. The molecule has 1 amide bonds. The van der Waals surface area contributed by atoms with Crippen molar-refractivity contribution in [3.8, 4) is 11.4 Å². The van der Waals surface area contributed by atoms with Gasteiger partial charge in [0.15, 0.2) is 5.16 Å². The Morgan fingerprint density at radius 3 is 2.76 bits per heavy atom. The van der Waals surface area contributed by atoms with Gasteiger partial charge in [0, 0.05) is 4.88 Å². The number of carbonyl (C=O) groups excluding carboxylic acids is 1. The number of benzene rings is 2. The van der Waals surface area contributed by atoms with Crippen LogP contribution in [-0.2, 0) is 17.6 Å². The van der Waals surface area contributed by atoms with Crippen molar-refractivity contribution in [1.29, 1.82) is 0 Å². The first kappa shape index (κ1) is 22.7. The third-order valence-electron chi connectivity index (χ3n) is 5.79. The third-order valence-corrected chi connectivity index (χ3v) is 7.92. The first-order valence-corrected chi connectivity index (χ1v) is 13.1. The Balaban J connectivity index is 1.48. The maximum absolute atomic E-state index is 13.7. The highest BCUT2D eigenvalue weighted by atomic mass is 32.2. The zero-order valence-electron chi connectivity index (χ0n) is 19.1. The van der Waals surface area contributed by atoms with Gasteiger partial charge in [-0.2, -0.15) is 0 Å². The third kappa shape index (κ3) is 4.35. The van der Waals surface area contributed by atoms with Gasteiger partial charge in [0.05, 0.1) is 29.1 Å². The molecule has 1 N–H and O–H groups in total. The molecule has 2 heterocycles. The van der Waals surface area contributed by atoms with Crippen molar-refractivity contribution in [1.82, 2.24) is 9.55 Å². The molecule has 0 saturated carbocycles. The average molecular weight is 492 g/mol. The zero-order chi connectivity index (χ0) is 23.7. The van der Waals surface area contributed by atoms with E-state index in [1.165, 1.54) is 16.6 Å². The number of ether oxygens (including phenoxy) is 1. The highest BCUT2D eigenvalue weighted by Crippen LogP contribution is 2.36. The largest absolute Gasteiger partial charge is 0.492 e. The molecule has 6 nitrogen and oxygen atoms in total. The number of aryl methyl sites for hydroxylation is 3. The molecule has 0 fully saturated rings. The number of thioether (sulfide) groups is 1. The van der Waals surface area contributed by atoms with Crippen LogP contribution < -0.4 is 15.6 Å². The van der Waals surface area contributed by atoms with E-state index in [0.717, 1.165) is 46.3 Å². The van der Waals surface area contributed by atoms with Gasteiger partial charge in [0.2, 0.25) is 5.91 Å². The second-order valence-electron chi connectivity index (χ2n) is 8.17. The van der Waals surface area contributed by atoms with Gasteiger partial charge in [-0.15, -0.1) is 11.3 Å². The maximum Gasteiger partial charge on any atom is 0.267 e. The van der Waals surface area contributed by atoms with E-state index in [-0.39, 0.29) is 17.2 Å². The molecule has 0 spiro atoms. The summed E-state index contributed by atoms with van der Waals surface area (Å²) in [6.45, 7) is 4.43. The van der Waals surface area contributed by atoms with Crippen LogP contribution in [0.1, 0.15) is 29.3 Å². The van der Waals surface area contributed by atoms with Crippen LogP contribution in [0.4, 0.5) is 5.69 Å². The van der Waals surface area contributed by atoms with Gasteiger partial charge in [-0.25, -0.2) is 4.98 Å². The summed E-state index contributed by atoms with van der Waals surface area (Å²) in [5.74, 6) is 0.568. The smallest absolute Gasteiger partial charge is 0.267 e. The number of para-hydroxylation sites is 2. The van der Waals surface area contributed by atoms with Crippen LogP contribution in [0.3, 0.4) is 0 Å². The number of rotatable bonds is 7. The fourth-order valence-electron chi connectivity index (χ4n) is 4.21. The Labute approximate surface area is 206 Å². The summed E-state index contributed by atoms with van der Waals surface area (Å²) in [5.41, 5.74) is 3.60. The molecule has 174 valence electrons. The number of hydrogen-bond acceptors (Lipinski definition) is 6. The van der Waals surface area contributed by atoms with Gasteiger partial charge in [-0.05, 0) is 62.9 Å². The number of amides is 1. The van der Waals surface area contributed by atoms with Gasteiger partial charge >= 0.3 is 0 Å². The van der Waals surface area contributed by atoms with Crippen LogP contribution in [0.2, 0.25) is 0 Å². The Morgan fingerprint density at radius 2 is 1.97 bits per heavy atom. The molecular formula is C26H25N3O3S2. The summed E-state index contributed by atoms with van der Waals surface area (Å²) >= 11 is 2.88. The highest BCUT2D eigenvalue weighted by Gasteiger charge is 2.24. The quantitative estimate of drug-likeness (QED) is 0.278. The summed E-state index contributed by atoms with van der Waals surface area (Å²) in [4.78, 5) is 33.4. The van der Waals surface area contributed by atoms with Gasteiger partial charge in [0.1, 0.15) is 10.6 Å². The topological polar surface area (TPSA) is 73.2 Å². The minimum atomic E-state index is -0.185. The van der Waals surface area contributed by atoms with E-state index in [2.05, 4.69) is 5.32 Å². The molecule has 4 aromatic rings. The molecule has 5 rings (SSSR count). The summed E-state index contributed by atoms with van der Waals surface area (Å²) in [5, 5.41) is 4.17. The van der Waals surface area contributed by atoms with Crippen LogP contribution in [0.15, 0.2) is 58.5 Å². The molecule has 1 aliphatic carbocycles. The predicted molar refractivity (Wildman–Crippen MR) is 139 cm³/mol. The summed E-state index contributed by atoms with van der Waals surface area (Å²) in [6, 6.07) is 15.2. The van der Waals surface area contributed by atoms with Gasteiger partial charge in [0.25, 0.3) is 5.56 Å². The van der Waals surface area contributed by atoms with Crippen molar-refractivity contribution < 1.29 is 9.53 Å². The summed E-state index contributed by atoms with van der Waals surface area (Å²) in [7, 11) is 0. The molecule has 2 aromatic carbocycles. The first-order valence-electron chi connectivity index (χ1n) is 11.3. The van der Waals surface area contributed by atoms with Crippen LogP contribution in [0.25, 0.3) is 15.9 Å². The second kappa shape index (κ2) is 9.64. The standard InChI is InChI=1S/C26H25N3O3S2/c1-3-32-20-9-5-4-8-19(20)27-22(30)15-33-26-28-24-23(18-7-6-10-21(18)34-24)25(31)29(26)17-13-11-16(2)12-14-17/h4-5,8-9,11-14H,3,6-7,10,15H2,1-2H3,(H,27,30). The molecule has 0 aliphatic heterocycles. The SMILES string of the molecule is CCOc1ccccc1NC(=O)CSc1nc2sc3c(c2c(=O)n1-c1ccc(C)cc1)CCC3.